The predicted molar refractivity (Wildman–Crippen MR) is 128 cm³/mol. The number of benzene rings is 2. The zero-order valence-corrected chi connectivity index (χ0v) is 18.9. The smallest absolute Gasteiger partial charge is 0.240 e. The molecule has 3 N–H and O–H groups in total. The Kier molecular flexibility index (Phi) is 8.31. The zero-order chi connectivity index (χ0) is 22.1. The van der Waals surface area contributed by atoms with Crippen LogP contribution in [0.2, 0.25) is 5.02 Å². The number of hydrogen-bond acceptors (Lipinski definition) is 7. The zero-order valence-electron chi connectivity index (χ0n) is 17.3. The summed E-state index contributed by atoms with van der Waals surface area (Å²) in [4.78, 5) is 18.7. The van der Waals surface area contributed by atoms with Crippen molar-refractivity contribution in [3.63, 3.8) is 0 Å². The van der Waals surface area contributed by atoms with Crippen molar-refractivity contribution in [2.45, 2.75) is 19.0 Å². The quantitative estimate of drug-likeness (QED) is 0.236. The van der Waals surface area contributed by atoms with Crippen molar-refractivity contribution in [2.24, 2.45) is 5.10 Å². The van der Waals surface area contributed by atoms with Gasteiger partial charge in [0, 0.05) is 35.1 Å². The lowest BCUT2D eigenvalue weighted by Gasteiger charge is -2.21. The van der Waals surface area contributed by atoms with Gasteiger partial charge in [0.1, 0.15) is 0 Å². The summed E-state index contributed by atoms with van der Waals surface area (Å²) in [7, 11) is 0. The van der Waals surface area contributed by atoms with Crippen LogP contribution >= 0.6 is 23.4 Å². The number of aromatic amines is 1. The second-order valence-corrected chi connectivity index (χ2v) is 7.76. The molecule has 1 aromatic heterocycles. The highest BCUT2D eigenvalue weighted by molar-refractivity contribution is 7.99. The van der Waals surface area contributed by atoms with Crippen LogP contribution in [-0.2, 0) is 4.79 Å². The van der Waals surface area contributed by atoms with Gasteiger partial charge in [-0.05, 0) is 44.2 Å². The summed E-state index contributed by atoms with van der Waals surface area (Å²) < 4.78 is 0. The molecule has 0 unspecified atom stereocenters. The van der Waals surface area contributed by atoms with E-state index in [0.29, 0.717) is 16.1 Å². The molecule has 1 heterocycles. The van der Waals surface area contributed by atoms with Crippen LogP contribution in [0.5, 0.6) is 0 Å². The summed E-state index contributed by atoms with van der Waals surface area (Å²) in [6.45, 7) is 6.12. The predicted octanol–water partition coefficient (Wildman–Crippen LogP) is 4.48. The number of thioether (sulfide) groups is 1. The van der Waals surface area contributed by atoms with Crippen molar-refractivity contribution in [3.8, 4) is 0 Å². The molecular formula is C21H24ClN7OS. The van der Waals surface area contributed by atoms with E-state index in [4.69, 9.17) is 11.6 Å². The Morgan fingerprint density at radius 3 is 2.65 bits per heavy atom. The van der Waals surface area contributed by atoms with Crippen molar-refractivity contribution < 1.29 is 4.79 Å². The minimum atomic E-state index is -0.128. The molecule has 0 atom stereocenters. The normalized spacial score (nSPS) is 10.9. The van der Waals surface area contributed by atoms with E-state index in [1.165, 1.54) is 11.8 Å². The third-order valence-corrected chi connectivity index (χ3v) is 5.55. The van der Waals surface area contributed by atoms with Gasteiger partial charge in [-0.15, -0.1) is 5.10 Å². The van der Waals surface area contributed by atoms with Gasteiger partial charge in [-0.3, -0.25) is 4.79 Å². The van der Waals surface area contributed by atoms with Gasteiger partial charge in [0.05, 0.1) is 12.0 Å². The fraction of sp³-hybridized carbons (Fsp3) is 0.238. The van der Waals surface area contributed by atoms with Crippen LogP contribution in [0.3, 0.4) is 0 Å². The Bertz CT molecular complexity index is 1020. The minimum absolute atomic E-state index is 0.128. The average molecular weight is 458 g/mol. The van der Waals surface area contributed by atoms with Crippen LogP contribution in [0, 0.1) is 0 Å². The van der Waals surface area contributed by atoms with Gasteiger partial charge >= 0.3 is 0 Å². The number of hydrazone groups is 1. The minimum Gasteiger partial charge on any atom is -0.372 e. The molecule has 162 valence electrons. The molecule has 0 aliphatic heterocycles. The van der Waals surface area contributed by atoms with E-state index in [-0.39, 0.29) is 11.7 Å². The number of anilines is 3. The van der Waals surface area contributed by atoms with Gasteiger partial charge < -0.3 is 10.2 Å². The van der Waals surface area contributed by atoms with E-state index in [2.05, 4.69) is 49.8 Å². The van der Waals surface area contributed by atoms with Crippen molar-refractivity contribution in [2.75, 3.05) is 34.5 Å². The highest BCUT2D eigenvalue weighted by Crippen LogP contribution is 2.19. The largest absolute Gasteiger partial charge is 0.372 e. The summed E-state index contributed by atoms with van der Waals surface area (Å²) in [5.74, 6) is 0.438. The van der Waals surface area contributed by atoms with Crippen molar-refractivity contribution in [1.82, 2.24) is 15.2 Å². The molecule has 1 amide bonds. The summed E-state index contributed by atoms with van der Waals surface area (Å²) in [6.07, 6.45) is 1.59. The number of halogens is 1. The second kappa shape index (κ2) is 11.4. The van der Waals surface area contributed by atoms with Crippen molar-refractivity contribution in [1.29, 1.82) is 0 Å². The van der Waals surface area contributed by atoms with Crippen LogP contribution in [0.4, 0.5) is 17.3 Å². The van der Waals surface area contributed by atoms with Gasteiger partial charge in [0.25, 0.3) is 0 Å². The molecule has 0 radical (unpaired) electrons. The highest BCUT2D eigenvalue weighted by Gasteiger charge is 2.09. The van der Waals surface area contributed by atoms with Crippen LogP contribution in [0.1, 0.15) is 19.4 Å². The third-order valence-electron chi connectivity index (χ3n) is 4.36. The van der Waals surface area contributed by atoms with E-state index in [1.807, 2.05) is 42.5 Å². The molecule has 3 rings (SSSR count). The van der Waals surface area contributed by atoms with Gasteiger partial charge in [-0.1, -0.05) is 41.6 Å². The summed E-state index contributed by atoms with van der Waals surface area (Å²) in [5, 5.41) is 14.8. The summed E-state index contributed by atoms with van der Waals surface area (Å²) in [6, 6.07) is 15.2. The fourth-order valence-electron chi connectivity index (χ4n) is 2.78. The van der Waals surface area contributed by atoms with Crippen LogP contribution in [0.25, 0.3) is 0 Å². The van der Waals surface area contributed by atoms with E-state index in [0.717, 1.165) is 30.0 Å². The van der Waals surface area contributed by atoms with Gasteiger partial charge in [-0.2, -0.15) is 10.1 Å². The van der Waals surface area contributed by atoms with Gasteiger partial charge in [-0.25, -0.2) is 10.5 Å². The standard InChI is InChI=1S/C21H24ClN7OS/c1-3-29(4-2)17-11-9-16(10-12-17)24-19(30)14-31-21-25-20(27-28-21)26-23-13-15-7-5-6-8-18(15)22/h5-13H,3-4,14H2,1-2H3,(H,24,30)(H2,25,26,27,28)/b23-13-. The molecule has 0 spiro atoms. The molecule has 2 aromatic carbocycles. The number of amides is 1. The molecular weight excluding hydrogens is 434 g/mol. The number of carbonyl (C=O) groups excluding carboxylic acids is 1. The van der Waals surface area contributed by atoms with Crippen LogP contribution < -0.4 is 15.6 Å². The molecule has 10 heteroatoms. The van der Waals surface area contributed by atoms with E-state index >= 15 is 0 Å². The molecule has 31 heavy (non-hydrogen) atoms. The Hall–Kier alpha value is -3.04. The van der Waals surface area contributed by atoms with Gasteiger partial charge in [0.2, 0.25) is 17.0 Å². The first kappa shape index (κ1) is 22.6. The number of hydrogen-bond donors (Lipinski definition) is 3. The van der Waals surface area contributed by atoms with Crippen LogP contribution in [-0.4, -0.2) is 46.1 Å². The molecule has 0 saturated carbocycles. The van der Waals surface area contributed by atoms with E-state index in [1.54, 1.807) is 12.3 Å². The first-order valence-corrected chi connectivity index (χ1v) is 11.2. The third kappa shape index (κ3) is 6.73. The number of H-pyrrole nitrogens is 1. The first-order valence-electron chi connectivity index (χ1n) is 9.82. The molecule has 0 aliphatic rings. The summed E-state index contributed by atoms with van der Waals surface area (Å²) in [5.41, 5.74) is 5.43. The Morgan fingerprint density at radius 2 is 1.94 bits per heavy atom. The molecule has 0 saturated heterocycles. The number of nitrogens with zero attached hydrogens (tertiary/aromatic N) is 4. The van der Waals surface area contributed by atoms with Gasteiger partial charge in [0.15, 0.2) is 0 Å². The number of nitrogens with one attached hydrogen (secondary N) is 3. The molecule has 3 aromatic rings. The second-order valence-electron chi connectivity index (χ2n) is 6.41. The SMILES string of the molecule is CCN(CC)c1ccc(NC(=O)CSc2n[nH]c(N/N=C\c3ccccc3Cl)n2)cc1. The molecule has 8 nitrogen and oxygen atoms in total. The lowest BCUT2D eigenvalue weighted by Crippen LogP contribution is -2.21. The van der Waals surface area contributed by atoms with Crippen LogP contribution in [0.15, 0.2) is 58.8 Å². The maximum atomic E-state index is 12.2. The maximum Gasteiger partial charge on any atom is 0.240 e. The Morgan fingerprint density at radius 1 is 1.19 bits per heavy atom. The number of aromatic nitrogens is 3. The fourth-order valence-corrected chi connectivity index (χ4v) is 3.56. The monoisotopic (exact) mass is 457 g/mol. The van der Waals surface area contributed by atoms with E-state index < -0.39 is 0 Å². The summed E-state index contributed by atoms with van der Waals surface area (Å²) >= 11 is 7.31. The molecule has 0 aliphatic carbocycles. The number of carbonyl (C=O) groups is 1. The lowest BCUT2D eigenvalue weighted by atomic mass is 10.2. The van der Waals surface area contributed by atoms with E-state index in [9.17, 15) is 4.79 Å². The Balaban J connectivity index is 1.45. The van der Waals surface area contributed by atoms with Crippen molar-refractivity contribution >= 4 is 52.8 Å². The number of rotatable bonds is 10. The molecule has 0 fully saturated rings. The first-order chi connectivity index (χ1) is 15.1. The highest BCUT2D eigenvalue weighted by atomic mass is 35.5. The lowest BCUT2D eigenvalue weighted by molar-refractivity contribution is -0.113. The average Bonchev–Trinajstić information content (AvgIpc) is 3.23. The van der Waals surface area contributed by atoms with Crippen molar-refractivity contribution in [3.05, 3.63) is 59.1 Å². The maximum absolute atomic E-state index is 12.2. The molecule has 0 bridgehead atoms. The Labute approximate surface area is 190 Å². The topological polar surface area (TPSA) is 98.3 Å².